The molecular formula is C21H22N2O7. The molecule has 2 aromatic rings. The molecule has 2 amide bonds. The molecule has 0 fully saturated rings. The van der Waals surface area contributed by atoms with Crippen LogP contribution in [0.25, 0.3) is 6.08 Å². The Morgan fingerprint density at radius 2 is 1.47 bits per heavy atom. The summed E-state index contributed by atoms with van der Waals surface area (Å²) < 4.78 is 10.4. The van der Waals surface area contributed by atoms with E-state index < -0.39 is 12.2 Å². The number of para-hydroxylation sites is 1. The maximum absolute atomic E-state index is 12.6. The fourth-order valence-electron chi connectivity index (χ4n) is 2.18. The molecule has 0 N–H and O–H groups in total. The highest BCUT2D eigenvalue weighted by molar-refractivity contribution is 6.08. The topological polar surface area (TPSA) is 94.6 Å². The van der Waals surface area contributed by atoms with Crippen molar-refractivity contribution >= 4 is 24.0 Å². The standard InChI is InChI=1S/C21H22N2O7/c1-22(27-3)20(25)29-16-9-7-8-15(14-16)12-13-18(24)17-10-5-6-11-19(17)30-21(26)23(2)28-4/h5-14H,1-4H3/b13-12+. The minimum atomic E-state index is -0.766. The summed E-state index contributed by atoms with van der Waals surface area (Å²) in [6.45, 7) is 0. The van der Waals surface area contributed by atoms with Gasteiger partial charge in [-0.15, -0.1) is 0 Å². The Morgan fingerprint density at radius 1 is 0.833 bits per heavy atom. The van der Waals surface area contributed by atoms with Crippen LogP contribution in [0.1, 0.15) is 15.9 Å². The molecule has 9 nitrogen and oxygen atoms in total. The van der Waals surface area contributed by atoms with E-state index in [2.05, 4.69) is 0 Å². The summed E-state index contributed by atoms with van der Waals surface area (Å²) in [5.41, 5.74) is 0.832. The summed E-state index contributed by atoms with van der Waals surface area (Å²) in [5, 5.41) is 1.83. The van der Waals surface area contributed by atoms with Crippen LogP contribution in [0.5, 0.6) is 11.5 Å². The molecule has 0 aromatic heterocycles. The van der Waals surface area contributed by atoms with Gasteiger partial charge in [-0.25, -0.2) is 9.59 Å². The van der Waals surface area contributed by atoms with E-state index in [1.807, 2.05) is 0 Å². The average Bonchev–Trinajstić information content (AvgIpc) is 2.76. The molecule has 0 aliphatic heterocycles. The van der Waals surface area contributed by atoms with Crippen molar-refractivity contribution in [2.75, 3.05) is 28.3 Å². The van der Waals surface area contributed by atoms with Gasteiger partial charge in [0.25, 0.3) is 0 Å². The van der Waals surface area contributed by atoms with E-state index in [4.69, 9.17) is 19.1 Å². The first-order chi connectivity index (χ1) is 14.3. The maximum Gasteiger partial charge on any atom is 0.439 e. The monoisotopic (exact) mass is 414 g/mol. The van der Waals surface area contributed by atoms with Crippen molar-refractivity contribution in [2.45, 2.75) is 0 Å². The quantitative estimate of drug-likeness (QED) is 0.388. The number of nitrogens with zero attached hydrogens (tertiary/aromatic N) is 2. The summed E-state index contributed by atoms with van der Waals surface area (Å²) in [6, 6.07) is 13.0. The van der Waals surface area contributed by atoms with Gasteiger partial charge in [0.1, 0.15) is 11.5 Å². The number of rotatable bonds is 7. The van der Waals surface area contributed by atoms with Crippen LogP contribution < -0.4 is 9.47 Å². The van der Waals surface area contributed by atoms with Gasteiger partial charge in [0, 0.05) is 14.1 Å². The molecule has 2 rings (SSSR count). The summed E-state index contributed by atoms with van der Waals surface area (Å²) >= 11 is 0. The van der Waals surface area contributed by atoms with E-state index in [1.165, 1.54) is 40.5 Å². The van der Waals surface area contributed by atoms with Crippen molar-refractivity contribution in [3.63, 3.8) is 0 Å². The Kier molecular flexibility index (Phi) is 8.09. The van der Waals surface area contributed by atoms with Crippen molar-refractivity contribution < 1.29 is 33.5 Å². The molecular weight excluding hydrogens is 392 g/mol. The number of carbonyl (C=O) groups excluding carboxylic acids is 3. The number of hydroxylamine groups is 4. The van der Waals surface area contributed by atoms with Crippen LogP contribution in [0.3, 0.4) is 0 Å². The van der Waals surface area contributed by atoms with Crippen molar-refractivity contribution in [1.29, 1.82) is 0 Å². The van der Waals surface area contributed by atoms with Gasteiger partial charge in [0.05, 0.1) is 19.8 Å². The minimum Gasteiger partial charge on any atom is -0.409 e. The number of benzene rings is 2. The van der Waals surface area contributed by atoms with E-state index >= 15 is 0 Å². The predicted octanol–water partition coefficient (Wildman–Crippen LogP) is 3.57. The lowest BCUT2D eigenvalue weighted by atomic mass is 10.1. The van der Waals surface area contributed by atoms with Crippen LogP contribution >= 0.6 is 0 Å². The molecule has 158 valence electrons. The molecule has 0 unspecified atom stereocenters. The number of hydrogen-bond donors (Lipinski definition) is 0. The second-order valence-corrected chi connectivity index (χ2v) is 5.86. The SMILES string of the molecule is CON(C)C(=O)Oc1cccc(/C=C/C(=O)c2ccccc2OC(=O)N(C)OC)c1. The molecule has 0 aliphatic rings. The largest absolute Gasteiger partial charge is 0.439 e. The first kappa shape index (κ1) is 22.6. The van der Waals surface area contributed by atoms with Crippen LogP contribution in [-0.2, 0) is 9.68 Å². The van der Waals surface area contributed by atoms with Crippen molar-refractivity contribution in [1.82, 2.24) is 10.1 Å². The Morgan fingerprint density at radius 3 is 2.13 bits per heavy atom. The molecule has 0 radical (unpaired) electrons. The smallest absolute Gasteiger partial charge is 0.409 e. The molecule has 30 heavy (non-hydrogen) atoms. The molecule has 0 bridgehead atoms. The zero-order chi connectivity index (χ0) is 22.1. The molecule has 0 aliphatic carbocycles. The fourth-order valence-corrected chi connectivity index (χ4v) is 2.18. The number of allylic oxidation sites excluding steroid dienone is 1. The average molecular weight is 414 g/mol. The van der Waals surface area contributed by atoms with Gasteiger partial charge in [-0.3, -0.25) is 14.5 Å². The zero-order valence-electron chi connectivity index (χ0n) is 17.0. The van der Waals surface area contributed by atoms with Crippen molar-refractivity contribution in [3.05, 3.63) is 65.7 Å². The van der Waals surface area contributed by atoms with Crippen LogP contribution in [0.15, 0.2) is 54.6 Å². The van der Waals surface area contributed by atoms with Crippen molar-refractivity contribution in [3.8, 4) is 11.5 Å². The van der Waals surface area contributed by atoms with Crippen molar-refractivity contribution in [2.24, 2.45) is 0 Å². The number of hydrogen-bond acceptors (Lipinski definition) is 7. The maximum atomic E-state index is 12.6. The van der Waals surface area contributed by atoms with E-state index in [0.717, 1.165) is 10.1 Å². The van der Waals surface area contributed by atoms with E-state index in [0.29, 0.717) is 5.56 Å². The molecule has 0 spiro atoms. The number of carbonyl (C=O) groups is 3. The summed E-state index contributed by atoms with van der Waals surface area (Å²) in [4.78, 5) is 45.8. The Bertz CT molecular complexity index is 942. The summed E-state index contributed by atoms with van der Waals surface area (Å²) in [7, 11) is 5.46. The molecule has 0 saturated heterocycles. The zero-order valence-corrected chi connectivity index (χ0v) is 17.0. The Balaban J connectivity index is 2.14. The highest BCUT2D eigenvalue weighted by atomic mass is 16.7. The van der Waals surface area contributed by atoms with Gasteiger partial charge in [-0.05, 0) is 35.9 Å². The Labute approximate surface area is 173 Å². The number of amides is 2. The van der Waals surface area contributed by atoms with Gasteiger partial charge < -0.3 is 9.47 Å². The molecule has 9 heteroatoms. The van der Waals surface area contributed by atoms with Gasteiger partial charge in [0.15, 0.2) is 5.78 Å². The number of ether oxygens (including phenoxy) is 2. The number of ketones is 1. The molecule has 0 saturated carbocycles. The van der Waals surface area contributed by atoms with Crippen LogP contribution in [-0.4, -0.2) is 56.4 Å². The lowest BCUT2D eigenvalue weighted by Crippen LogP contribution is -2.28. The van der Waals surface area contributed by atoms with Gasteiger partial charge in [-0.1, -0.05) is 30.3 Å². The molecule has 0 heterocycles. The Hall–Kier alpha value is -3.69. The van der Waals surface area contributed by atoms with Crippen LogP contribution in [0.2, 0.25) is 0 Å². The summed E-state index contributed by atoms with van der Waals surface area (Å²) in [6.07, 6.45) is 1.43. The lowest BCUT2D eigenvalue weighted by Gasteiger charge is -2.14. The van der Waals surface area contributed by atoms with Gasteiger partial charge in [0.2, 0.25) is 0 Å². The van der Waals surface area contributed by atoms with E-state index in [-0.39, 0.29) is 22.8 Å². The fraction of sp³-hybridized carbons (Fsp3) is 0.190. The summed E-state index contributed by atoms with van der Waals surface area (Å²) in [5.74, 6) is 0.0155. The highest BCUT2D eigenvalue weighted by Crippen LogP contribution is 2.21. The van der Waals surface area contributed by atoms with Gasteiger partial charge >= 0.3 is 12.2 Å². The molecule has 0 atom stereocenters. The van der Waals surface area contributed by atoms with E-state index in [1.54, 1.807) is 48.5 Å². The second kappa shape index (κ2) is 10.7. The molecule has 2 aromatic carbocycles. The highest BCUT2D eigenvalue weighted by Gasteiger charge is 2.16. The first-order valence-corrected chi connectivity index (χ1v) is 8.76. The van der Waals surface area contributed by atoms with Crippen LogP contribution in [0, 0.1) is 0 Å². The second-order valence-electron chi connectivity index (χ2n) is 5.86. The normalized spacial score (nSPS) is 10.5. The van der Waals surface area contributed by atoms with Gasteiger partial charge in [-0.2, -0.15) is 10.1 Å². The third-order valence-corrected chi connectivity index (χ3v) is 3.90. The predicted molar refractivity (Wildman–Crippen MR) is 108 cm³/mol. The third-order valence-electron chi connectivity index (χ3n) is 3.90. The van der Waals surface area contributed by atoms with Crippen LogP contribution in [0.4, 0.5) is 9.59 Å². The first-order valence-electron chi connectivity index (χ1n) is 8.76. The minimum absolute atomic E-state index is 0.103. The third kappa shape index (κ3) is 6.16. The van der Waals surface area contributed by atoms with E-state index in [9.17, 15) is 14.4 Å². The lowest BCUT2D eigenvalue weighted by molar-refractivity contribution is -0.0791.